The molecule has 0 spiro atoms. The van der Waals surface area contributed by atoms with Gasteiger partial charge in [0.25, 0.3) is 11.1 Å². The molecule has 0 atom stereocenters. The molecule has 1 heterocycles. The molecule has 1 aliphatic rings. The first kappa shape index (κ1) is 18.8. The molecule has 2 aromatic carbocycles. The first-order chi connectivity index (χ1) is 12.9. The Morgan fingerprint density at radius 3 is 2.37 bits per heavy atom. The van der Waals surface area contributed by atoms with E-state index in [-0.39, 0.29) is 34.9 Å². The van der Waals surface area contributed by atoms with E-state index in [9.17, 15) is 14.7 Å². The summed E-state index contributed by atoms with van der Waals surface area (Å²) in [5.41, 5.74) is 2.55. The quantitative estimate of drug-likeness (QED) is 0.786. The molecule has 27 heavy (non-hydrogen) atoms. The highest BCUT2D eigenvalue weighted by molar-refractivity contribution is 8.18. The van der Waals surface area contributed by atoms with Gasteiger partial charge in [-0.3, -0.25) is 14.5 Å². The van der Waals surface area contributed by atoms with Gasteiger partial charge in [-0.25, -0.2) is 0 Å². The van der Waals surface area contributed by atoms with Gasteiger partial charge in [0, 0.05) is 0 Å². The summed E-state index contributed by atoms with van der Waals surface area (Å²) in [4.78, 5) is 26.5. The van der Waals surface area contributed by atoms with Gasteiger partial charge < -0.3 is 14.6 Å². The molecule has 140 valence electrons. The third kappa shape index (κ3) is 3.93. The largest absolute Gasteiger partial charge is 0.502 e. The standard InChI is InChI=1S/C20H19NO5S/c1-12-5-4-6-13(7-12)11-21-19(23)17(27-20(21)24)10-14-8-15(25-2)18(22)16(9-14)26-3/h4-10,22H,11H2,1-3H3/b17-10-. The molecule has 1 aliphatic heterocycles. The molecule has 7 heteroatoms. The Bertz CT molecular complexity index is 913. The fourth-order valence-electron chi connectivity index (χ4n) is 2.78. The number of hydrogen-bond donors (Lipinski definition) is 1. The first-order valence-electron chi connectivity index (χ1n) is 8.19. The molecule has 3 rings (SSSR count). The fraction of sp³-hybridized carbons (Fsp3) is 0.200. The van der Waals surface area contributed by atoms with E-state index in [1.54, 1.807) is 18.2 Å². The summed E-state index contributed by atoms with van der Waals surface area (Å²) in [6.07, 6.45) is 1.59. The lowest BCUT2D eigenvalue weighted by atomic mass is 10.1. The maximum absolute atomic E-state index is 12.7. The SMILES string of the molecule is COc1cc(/C=C2\SC(=O)N(Cc3cccc(C)c3)C2=O)cc(OC)c1O. The predicted molar refractivity (Wildman–Crippen MR) is 104 cm³/mol. The van der Waals surface area contributed by atoms with Crippen LogP contribution in [0.15, 0.2) is 41.3 Å². The van der Waals surface area contributed by atoms with Crippen LogP contribution in [0, 0.1) is 6.92 Å². The highest BCUT2D eigenvalue weighted by atomic mass is 32.2. The van der Waals surface area contributed by atoms with Gasteiger partial charge in [-0.1, -0.05) is 29.8 Å². The van der Waals surface area contributed by atoms with E-state index in [1.807, 2.05) is 31.2 Å². The van der Waals surface area contributed by atoms with Crippen LogP contribution in [0.4, 0.5) is 4.79 Å². The molecule has 6 nitrogen and oxygen atoms in total. The minimum Gasteiger partial charge on any atom is -0.502 e. The van der Waals surface area contributed by atoms with E-state index in [4.69, 9.17) is 9.47 Å². The zero-order chi connectivity index (χ0) is 19.6. The molecule has 1 saturated heterocycles. The van der Waals surface area contributed by atoms with Gasteiger partial charge in [0.15, 0.2) is 11.5 Å². The van der Waals surface area contributed by atoms with Gasteiger partial charge in [-0.15, -0.1) is 0 Å². The predicted octanol–water partition coefficient (Wildman–Crippen LogP) is 3.95. The van der Waals surface area contributed by atoms with Gasteiger partial charge >= 0.3 is 0 Å². The molecule has 0 bridgehead atoms. The van der Waals surface area contributed by atoms with Crippen LogP contribution < -0.4 is 9.47 Å². The average Bonchev–Trinajstić information content (AvgIpc) is 2.90. The summed E-state index contributed by atoms with van der Waals surface area (Å²) in [5, 5.41) is 9.68. The van der Waals surface area contributed by atoms with Gasteiger partial charge in [-0.05, 0) is 48.0 Å². The summed E-state index contributed by atoms with van der Waals surface area (Å²) in [5.74, 6) is -0.0265. The molecule has 0 saturated carbocycles. The molecule has 1 fully saturated rings. The Labute approximate surface area is 161 Å². The van der Waals surface area contributed by atoms with Crippen LogP contribution >= 0.6 is 11.8 Å². The zero-order valence-corrected chi connectivity index (χ0v) is 16.0. The number of phenolic OH excluding ortho intramolecular Hbond substituents is 1. The first-order valence-corrected chi connectivity index (χ1v) is 9.00. The summed E-state index contributed by atoms with van der Waals surface area (Å²) >= 11 is 0.886. The number of aromatic hydroxyl groups is 1. The summed E-state index contributed by atoms with van der Waals surface area (Å²) in [7, 11) is 2.85. The lowest BCUT2D eigenvalue weighted by Gasteiger charge is -2.13. The summed E-state index contributed by atoms with van der Waals surface area (Å²) < 4.78 is 10.2. The molecule has 0 aromatic heterocycles. The van der Waals surface area contributed by atoms with Crippen LogP contribution in [0.1, 0.15) is 16.7 Å². The minimum absolute atomic E-state index is 0.121. The highest BCUT2D eigenvalue weighted by Gasteiger charge is 2.35. The van der Waals surface area contributed by atoms with Crippen LogP contribution in [-0.2, 0) is 11.3 Å². The summed E-state index contributed by atoms with van der Waals surface area (Å²) in [6, 6.07) is 10.8. The van der Waals surface area contributed by atoms with E-state index in [2.05, 4.69) is 0 Å². The second-order valence-electron chi connectivity index (χ2n) is 6.03. The van der Waals surface area contributed by atoms with Crippen molar-refractivity contribution < 1.29 is 24.2 Å². The number of rotatable bonds is 5. The topological polar surface area (TPSA) is 76.1 Å². The Hall–Kier alpha value is -2.93. The number of aryl methyl sites for hydroxylation is 1. The normalized spacial score (nSPS) is 15.5. The van der Waals surface area contributed by atoms with Crippen LogP contribution in [0.25, 0.3) is 6.08 Å². The van der Waals surface area contributed by atoms with Gasteiger partial charge in [-0.2, -0.15) is 0 Å². The van der Waals surface area contributed by atoms with Crippen molar-refractivity contribution in [3.8, 4) is 17.2 Å². The number of thioether (sulfide) groups is 1. The number of amides is 2. The number of hydrogen-bond acceptors (Lipinski definition) is 6. The van der Waals surface area contributed by atoms with E-state index >= 15 is 0 Å². The van der Waals surface area contributed by atoms with Crippen LogP contribution in [0.2, 0.25) is 0 Å². The number of ether oxygens (including phenoxy) is 2. The second-order valence-corrected chi connectivity index (χ2v) is 7.02. The number of phenols is 1. The number of methoxy groups -OCH3 is 2. The number of carbonyl (C=O) groups is 2. The minimum atomic E-state index is -0.350. The molecule has 0 radical (unpaired) electrons. The van der Waals surface area contributed by atoms with Gasteiger partial charge in [0.1, 0.15) is 0 Å². The lowest BCUT2D eigenvalue weighted by molar-refractivity contribution is -0.123. The van der Waals surface area contributed by atoms with E-state index < -0.39 is 0 Å². The van der Waals surface area contributed by atoms with Crippen molar-refractivity contribution in [2.75, 3.05) is 14.2 Å². The van der Waals surface area contributed by atoms with Crippen LogP contribution in [0.5, 0.6) is 17.2 Å². The molecule has 0 aliphatic carbocycles. The van der Waals surface area contributed by atoms with Crippen LogP contribution in [-0.4, -0.2) is 35.4 Å². The highest BCUT2D eigenvalue weighted by Crippen LogP contribution is 2.39. The molecular formula is C20H19NO5S. The van der Waals surface area contributed by atoms with Gasteiger partial charge in [0.2, 0.25) is 5.75 Å². The van der Waals surface area contributed by atoms with E-state index in [0.717, 1.165) is 22.9 Å². The molecule has 2 aromatic rings. The van der Waals surface area contributed by atoms with Crippen molar-refractivity contribution in [3.63, 3.8) is 0 Å². The summed E-state index contributed by atoms with van der Waals surface area (Å²) in [6.45, 7) is 2.19. The number of carbonyl (C=O) groups excluding carboxylic acids is 2. The Kier molecular flexibility index (Phi) is 5.41. The monoisotopic (exact) mass is 385 g/mol. The Morgan fingerprint density at radius 2 is 1.78 bits per heavy atom. The number of imide groups is 1. The van der Waals surface area contributed by atoms with Crippen molar-refractivity contribution in [2.45, 2.75) is 13.5 Å². The third-order valence-corrected chi connectivity index (χ3v) is 5.00. The van der Waals surface area contributed by atoms with E-state index in [0.29, 0.717) is 10.5 Å². The molecule has 1 N–H and O–H groups in total. The van der Waals surface area contributed by atoms with E-state index in [1.165, 1.54) is 19.1 Å². The van der Waals surface area contributed by atoms with Crippen molar-refractivity contribution in [3.05, 3.63) is 58.0 Å². The third-order valence-electron chi connectivity index (χ3n) is 4.10. The van der Waals surface area contributed by atoms with Crippen molar-refractivity contribution in [2.24, 2.45) is 0 Å². The Morgan fingerprint density at radius 1 is 1.11 bits per heavy atom. The second kappa shape index (κ2) is 7.75. The number of benzene rings is 2. The van der Waals surface area contributed by atoms with Crippen LogP contribution in [0.3, 0.4) is 0 Å². The fourth-order valence-corrected chi connectivity index (χ4v) is 3.62. The lowest BCUT2D eigenvalue weighted by Crippen LogP contribution is -2.27. The molecular weight excluding hydrogens is 366 g/mol. The maximum atomic E-state index is 12.7. The molecule has 2 amide bonds. The van der Waals surface area contributed by atoms with Crippen molar-refractivity contribution >= 4 is 29.0 Å². The average molecular weight is 385 g/mol. The maximum Gasteiger partial charge on any atom is 0.293 e. The van der Waals surface area contributed by atoms with Gasteiger partial charge in [0.05, 0.1) is 25.7 Å². The number of nitrogens with zero attached hydrogens (tertiary/aromatic N) is 1. The van der Waals surface area contributed by atoms with Crippen molar-refractivity contribution in [1.29, 1.82) is 0 Å². The zero-order valence-electron chi connectivity index (χ0n) is 15.2. The molecule has 0 unspecified atom stereocenters. The smallest absolute Gasteiger partial charge is 0.293 e. The van der Waals surface area contributed by atoms with Crippen molar-refractivity contribution in [1.82, 2.24) is 4.90 Å². The Balaban J connectivity index is 1.88.